The molecule has 1 amide bonds. The van der Waals surface area contributed by atoms with E-state index < -0.39 is 5.91 Å². The van der Waals surface area contributed by atoms with E-state index in [0.29, 0.717) is 27.1 Å². The minimum absolute atomic E-state index is 0.0387. The maximum Gasteiger partial charge on any atom is 0.274 e. The summed E-state index contributed by atoms with van der Waals surface area (Å²) in [6, 6.07) is 12.9. The number of benzene rings is 2. The first kappa shape index (κ1) is 21.7. The van der Waals surface area contributed by atoms with E-state index >= 15 is 0 Å². The fraction of sp³-hybridized carbons (Fsp3) is 0.0952. The van der Waals surface area contributed by atoms with Crippen LogP contribution in [0.1, 0.15) is 21.5 Å². The first-order valence-corrected chi connectivity index (χ1v) is 9.84. The minimum atomic E-state index is -0.486. The molecule has 0 fully saturated rings. The van der Waals surface area contributed by atoms with Gasteiger partial charge in [0, 0.05) is 11.8 Å². The molecule has 0 aliphatic rings. The topological polar surface area (TPSA) is 72.8 Å². The molecule has 0 atom stereocenters. The van der Waals surface area contributed by atoms with E-state index in [-0.39, 0.29) is 23.1 Å². The lowest BCUT2D eigenvalue weighted by Crippen LogP contribution is -2.18. The smallest absolute Gasteiger partial charge is 0.274 e. The number of nitrogens with zero attached hydrogens (tertiary/aromatic N) is 2. The summed E-state index contributed by atoms with van der Waals surface area (Å²) in [4.78, 5) is 16.0. The number of aromatic nitrogens is 1. The fourth-order valence-corrected chi connectivity index (χ4v) is 3.28. The molecule has 0 saturated heterocycles. The van der Waals surface area contributed by atoms with Crippen molar-refractivity contribution in [3.63, 3.8) is 0 Å². The van der Waals surface area contributed by atoms with Crippen molar-refractivity contribution in [1.29, 1.82) is 0 Å². The highest BCUT2D eigenvalue weighted by atomic mass is 79.9. The van der Waals surface area contributed by atoms with Crippen molar-refractivity contribution in [3.8, 4) is 11.5 Å². The minimum Gasteiger partial charge on any atom is -0.493 e. The molecule has 6 nitrogen and oxygen atoms in total. The van der Waals surface area contributed by atoms with E-state index in [9.17, 15) is 9.18 Å². The molecular weight excluding hydrogens is 477 g/mol. The van der Waals surface area contributed by atoms with Crippen molar-refractivity contribution in [2.75, 3.05) is 7.11 Å². The summed E-state index contributed by atoms with van der Waals surface area (Å²) in [5.41, 5.74) is 3.66. The van der Waals surface area contributed by atoms with Crippen molar-refractivity contribution in [2.24, 2.45) is 5.10 Å². The van der Waals surface area contributed by atoms with Gasteiger partial charge in [-0.15, -0.1) is 0 Å². The van der Waals surface area contributed by atoms with Gasteiger partial charge in [0.25, 0.3) is 5.91 Å². The number of hydrogen-bond donors (Lipinski definition) is 1. The molecule has 0 bridgehead atoms. The molecule has 1 aromatic heterocycles. The van der Waals surface area contributed by atoms with Gasteiger partial charge in [-0.3, -0.25) is 4.79 Å². The van der Waals surface area contributed by atoms with Gasteiger partial charge in [0.2, 0.25) is 0 Å². The zero-order chi connectivity index (χ0) is 21.5. The number of rotatable bonds is 7. The van der Waals surface area contributed by atoms with E-state index in [1.165, 1.54) is 25.6 Å². The van der Waals surface area contributed by atoms with Crippen LogP contribution in [-0.2, 0) is 6.61 Å². The predicted octanol–water partition coefficient (Wildman–Crippen LogP) is 4.99. The Morgan fingerprint density at radius 3 is 2.83 bits per heavy atom. The van der Waals surface area contributed by atoms with Gasteiger partial charge < -0.3 is 9.47 Å². The van der Waals surface area contributed by atoms with Crippen molar-refractivity contribution in [1.82, 2.24) is 10.4 Å². The Morgan fingerprint density at radius 2 is 2.10 bits per heavy atom. The average molecular weight is 493 g/mol. The van der Waals surface area contributed by atoms with Crippen LogP contribution in [0.15, 0.2) is 64.3 Å². The van der Waals surface area contributed by atoms with E-state index in [1.807, 2.05) is 0 Å². The number of carbonyl (C=O) groups excluding carboxylic acids is 1. The largest absolute Gasteiger partial charge is 0.493 e. The van der Waals surface area contributed by atoms with Gasteiger partial charge in [0.1, 0.15) is 17.6 Å². The second-order valence-corrected chi connectivity index (χ2v) is 7.17. The molecule has 0 radical (unpaired) electrons. The van der Waals surface area contributed by atoms with Gasteiger partial charge in [-0.25, -0.2) is 14.8 Å². The molecule has 0 aliphatic heterocycles. The Labute approximate surface area is 185 Å². The number of halogens is 3. The van der Waals surface area contributed by atoms with Crippen molar-refractivity contribution < 1.29 is 18.7 Å². The zero-order valence-corrected chi connectivity index (χ0v) is 18.1. The number of hydrazone groups is 1. The lowest BCUT2D eigenvalue weighted by molar-refractivity contribution is 0.0955. The Morgan fingerprint density at radius 1 is 1.30 bits per heavy atom. The van der Waals surface area contributed by atoms with Crippen LogP contribution in [0.3, 0.4) is 0 Å². The summed E-state index contributed by atoms with van der Waals surface area (Å²) in [5.74, 6) is 0.00824. The second-order valence-electron chi connectivity index (χ2n) is 5.96. The van der Waals surface area contributed by atoms with Crippen LogP contribution in [0.5, 0.6) is 11.5 Å². The summed E-state index contributed by atoms with van der Waals surface area (Å²) in [5, 5.41) is 4.02. The standard InChI is InChI=1S/C21H16BrClFN3O3/c1-29-18-10-13(11-26-27-21(28)15-6-4-8-25-20(15)23)9-16(22)19(18)30-12-14-5-2-3-7-17(14)24/h2-11H,12H2,1H3,(H,27,28). The maximum atomic E-state index is 13.8. The first-order chi connectivity index (χ1) is 14.5. The lowest BCUT2D eigenvalue weighted by Gasteiger charge is -2.14. The quantitative estimate of drug-likeness (QED) is 0.287. The van der Waals surface area contributed by atoms with Gasteiger partial charge in [0.05, 0.1) is 23.4 Å². The third kappa shape index (κ3) is 5.34. The van der Waals surface area contributed by atoms with Crippen LogP contribution < -0.4 is 14.9 Å². The zero-order valence-electron chi connectivity index (χ0n) is 15.7. The molecule has 1 heterocycles. The summed E-state index contributed by atoms with van der Waals surface area (Å²) in [6.45, 7) is 0.0387. The molecule has 3 rings (SSSR count). The van der Waals surface area contributed by atoms with Crippen molar-refractivity contribution >= 4 is 39.7 Å². The van der Waals surface area contributed by atoms with Gasteiger partial charge >= 0.3 is 0 Å². The number of nitrogens with one attached hydrogen (secondary N) is 1. The first-order valence-electron chi connectivity index (χ1n) is 8.67. The number of methoxy groups -OCH3 is 1. The van der Waals surface area contributed by atoms with Crippen LogP contribution >= 0.6 is 27.5 Å². The van der Waals surface area contributed by atoms with Crippen LogP contribution in [0.25, 0.3) is 0 Å². The number of hydrogen-bond acceptors (Lipinski definition) is 5. The highest BCUT2D eigenvalue weighted by Crippen LogP contribution is 2.37. The van der Waals surface area contributed by atoms with Gasteiger partial charge in [0.15, 0.2) is 11.5 Å². The van der Waals surface area contributed by atoms with E-state index in [2.05, 4.69) is 31.4 Å². The van der Waals surface area contributed by atoms with Crippen LogP contribution in [0, 0.1) is 5.82 Å². The van der Waals surface area contributed by atoms with E-state index in [1.54, 1.807) is 42.5 Å². The number of ether oxygens (including phenoxy) is 2. The summed E-state index contributed by atoms with van der Waals surface area (Å²) >= 11 is 9.32. The van der Waals surface area contributed by atoms with Gasteiger partial charge in [-0.1, -0.05) is 29.8 Å². The number of pyridine rings is 1. The highest BCUT2D eigenvalue weighted by Gasteiger charge is 2.13. The Balaban J connectivity index is 1.72. The van der Waals surface area contributed by atoms with E-state index in [4.69, 9.17) is 21.1 Å². The molecule has 1 N–H and O–H groups in total. The predicted molar refractivity (Wildman–Crippen MR) is 116 cm³/mol. The van der Waals surface area contributed by atoms with Gasteiger partial charge in [-0.05, 0) is 51.8 Å². The fourth-order valence-electron chi connectivity index (χ4n) is 2.50. The summed E-state index contributed by atoms with van der Waals surface area (Å²) < 4.78 is 25.5. The molecule has 0 spiro atoms. The monoisotopic (exact) mass is 491 g/mol. The molecule has 0 saturated carbocycles. The number of carbonyl (C=O) groups is 1. The SMILES string of the molecule is COc1cc(C=NNC(=O)c2cccnc2Cl)cc(Br)c1OCc1ccccc1F. The van der Waals surface area contributed by atoms with Gasteiger partial charge in [-0.2, -0.15) is 5.10 Å². The molecule has 2 aromatic carbocycles. The molecular formula is C21H16BrClFN3O3. The molecule has 0 unspecified atom stereocenters. The third-order valence-electron chi connectivity index (χ3n) is 3.97. The maximum absolute atomic E-state index is 13.8. The molecule has 3 aromatic rings. The van der Waals surface area contributed by atoms with Crippen LogP contribution in [0.4, 0.5) is 4.39 Å². The van der Waals surface area contributed by atoms with Crippen LogP contribution in [0.2, 0.25) is 5.15 Å². The van der Waals surface area contributed by atoms with E-state index in [0.717, 1.165) is 0 Å². The molecule has 30 heavy (non-hydrogen) atoms. The third-order valence-corrected chi connectivity index (χ3v) is 4.86. The summed E-state index contributed by atoms with van der Waals surface area (Å²) in [6.07, 6.45) is 2.93. The van der Waals surface area contributed by atoms with Crippen molar-refractivity contribution in [2.45, 2.75) is 6.61 Å². The molecule has 0 aliphatic carbocycles. The average Bonchev–Trinajstić information content (AvgIpc) is 2.74. The Hall–Kier alpha value is -2.97. The highest BCUT2D eigenvalue weighted by molar-refractivity contribution is 9.10. The van der Waals surface area contributed by atoms with Crippen LogP contribution in [-0.4, -0.2) is 24.2 Å². The second kappa shape index (κ2) is 10.2. The Kier molecular flexibility index (Phi) is 7.37. The molecule has 154 valence electrons. The van der Waals surface area contributed by atoms with Crippen molar-refractivity contribution in [3.05, 3.63) is 86.9 Å². The summed E-state index contributed by atoms with van der Waals surface area (Å²) in [7, 11) is 1.49. The molecule has 9 heteroatoms. The normalized spacial score (nSPS) is 10.8. The lowest BCUT2D eigenvalue weighted by atomic mass is 10.2. The Bertz CT molecular complexity index is 1090. The number of amides is 1.